The van der Waals surface area contributed by atoms with Gasteiger partial charge in [-0.1, -0.05) is 37.8 Å². The molecular weight excluding hydrogens is 284 g/mol. The van der Waals surface area contributed by atoms with Gasteiger partial charge in [0, 0.05) is 12.6 Å². The van der Waals surface area contributed by atoms with E-state index in [9.17, 15) is 8.42 Å². The third kappa shape index (κ3) is 3.98. The zero-order chi connectivity index (χ0) is 14.7. The summed E-state index contributed by atoms with van der Waals surface area (Å²) in [4.78, 5) is 0.378. The molecule has 116 valence electrons. The van der Waals surface area contributed by atoms with Crippen molar-refractivity contribution in [2.75, 3.05) is 11.9 Å². The zero-order valence-electron chi connectivity index (χ0n) is 12.3. The van der Waals surface area contributed by atoms with Crippen LogP contribution >= 0.6 is 0 Å². The summed E-state index contributed by atoms with van der Waals surface area (Å²) in [5, 5.41) is 3.32. The van der Waals surface area contributed by atoms with Gasteiger partial charge in [0.05, 0.1) is 5.69 Å². The molecule has 1 aromatic rings. The first kappa shape index (κ1) is 14.9. The summed E-state index contributed by atoms with van der Waals surface area (Å²) < 4.78 is 27.5. The van der Waals surface area contributed by atoms with Crippen molar-refractivity contribution >= 4 is 15.7 Å². The molecule has 0 radical (unpaired) electrons. The summed E-state index contributed by atoms with van der Waals surface area (Å²) in [7, 11) is -3.39. The predicted octanol–water partition coefficient (Wildman–Crippen LogP) is 3.12. The molecule has 0 heterocycles. The van der Waals surface area contributed by atoms with Crippen molar-refractivity contribution in [1.82, 2.24) is 4.72 Å². The van der Waals surface area contributed by atoms with Gasteiger partial charge >= 0.3 is 0 Å². The Balaban J connectivity index is 1.64. The van der Waals surface area contributed by atoms with Crippen LogP contribution in [-0.4, -0.2) is 21.0 Å². The second-order valence-corrected chi connectivity index (χ2v) is 7.94. The van der Waals surface area contributed by atoms with Gasteiger partial charge in [0.25, 0.3) is 0 Å². The number of anilines is 1. The zero-order valence-corrected chi connectivity index (χ0v) is 13.2. The highest BCUT2D eigenvalue weighted by Gasteiger charge is 2.29. The van der Waals surface area contributed by atoms with Crippen LogP contribution in [0.3, 0.4) is 0 Å². The lowest BCUT2D eigenvalue weighted by atomic mass is 10.0. The summed E-state index contributed by atoms with van der Waals surface area (Å²) in [5.41, 5.74) is 0.726. The molecule has 0 aromatic heterocycles. The monoisotopic (exact) mass is 308 g/mol. The van der Waals surface area contributed by atoms with Gasteiger partial charge in [-0.2, -0.15) is 0 Å². The van der Waals surface area contributed by atoms with Gasteiger partial charge in [-0.15, -0.1) is 0 Å². The number of sulfonamides is 1. The van der Waals surface area contributed by atoms with E-state index in [2.05, 4.69) is 10.0 Å². The van der Waals surface area contributed by atoms with Crippen molar-refractivity contribution in [3.05, 3.63) is 24.3 Å². The first-order chi connectivity index (χ1) is 10.1. The minimum atomic E-state index is -3.39. The molecule has 2 saturated carbocycles. The lowest BCUT2D eigenvalue weighted by Crippen LogP contribution is -2.26. The fraction of sp³-hybridized carbons (Fsp3) is 0.625. The van der Waals surface area contributed by atoms with E-state index in [1.165, 1.54) is 25.7 Å². The van der Waals surface area contributed by atoms with Crippen molar-refractivity contribution in [2.45, 2.75) is 55.9 Å². The average Bonchev–Trinajstić information content (AvgIpc) is 3.11. The fourth-order valence-corrected chi connectivity index (χ4v) is 4.53. The number of nitrogens with one attached hydrogen (secondary N) is 2. The Morgan fingerprint density at radius 3 is 2.48 bits per heavy atom. The maximum Gasteiger partial charge on any atom is 0.242 e. The molecule has 0 unspecified atom stereocenters. The highest BCUT2D eigenvalue weighted by atomic mass is 32.2. The molecule has 2 aliphatic rings. The number of hydrogen-bond donors (Lipinski definition) is 2. The molecule has 2 aliphatic carbocycles. The van der Waals surface area contributed by atoms with Crippen molar-refractivity contribution in [3.63, 3.8) is 0 Å². The smallest absolute Gasteiger partial charge is 0.242 e. The highest BCUT2D eigenvalue weighted by Crippen LogP contribution is 2.29. The first-order valence-corrected chi connectivity index (χ1v) is 9.49. The molecule has 0 aliphatic heterocycles. The quantitative estimate of drug-likeness (QED) is 0.813. The number of benzene rings is 1. The Morgan fingerprint density at radius 1 is 1.05 bits per heavy atom. The summed E-state index contributed by atoms with van der Waals surface area (Å²) in [6, 6.07) is 7.35. The highest BCUT2D eigenvalue weighted by molar-refractivity contribution is 7.89. The van der Waals surface area contributed by atoms with E-state index in [4.69, 9.17) is 0 Å². The molecule has 4 nitrogen and oxygen atoms in total. The Kier molecular flexibility index (Phi) is 4.50. The third-order valence-corrected chi connectivity index (χ3v) is 6.00. The van der Waals surface area contributed by atoms with Crippen molar-refractivity contribution in [2.24, 2.45) is 5.92 Å². The van der Waals surface area contributed by atoms with Gasteiger partial charge in [-0.05, 0) is 37.3 Å². The molecule has 0 bridgehead atoms. The maximum atomic E-state index is 12.4. The molecule has 2 N–H and O–H groups in total. The van der Waals surface area contributed by atoms with E-state index in [0.29, 0.717) is 4.90 Å². The summed E-state index contributed by atoms with van der Waals surface area (Å²) >= 11 is 0. The molecule has 21 heavy (non-hydrogen) atoms. The van der Waals surface area contributed by atoms with Gasteiger partial charge in [-0.3, -0.25) is 0 Å². The van der Waals surface area contributed by atoms with Crippen LogP contribution in [0.1, 0.15) is 44.9 Å². The summed E-state index contributed by atoms with van der Waals surface area (Å²) in [5.74, 6) is 0.811. The van der Waals surface area contributed by atoms with Crippen LogP contribution in [0.2, 0.25) is 0 Å². The van der Waals surface area contributed by atoms with E-state index >= 15 is 0 Å². The third-order valence-electron chi connectivity index (χ3n) is 4.42. The normalized spacial score (nSPS) is 19.8. The van der Waals surface area contributed by atoms with Crippen LogP contribution in [0.25, 0.3) is 0 Å². The van der Waals surface area contributed by atoms with Crippen molar-refractivity contribution in [1.29, 1.82) is 0 Å². The molecule has 5 heteroatoms. The number of hydrogen-bond acceptors (Lipinski definition) is 3. The second-order valence-electron chi connectivity index (χ2n) is 6.26. The van der Waals surface area contributed by atoms with Gasteiger partial charge in [-0.25, -0.2) is 13.1 Å². The van der Waals surface area contributed by atoms with E-state index in [0.717, 1.165) is 37.4 Å². The van der Waals surface area contributed by atoms with E-state index in [-0.39, 0.29) is 6.04 Å². The van der Waals surface area contributed by atoms with Crippen LogP contribution in [-0.2, 0) is 10.0 Å². The number of rotatable bonds is 7. The van der Waals surface area contributed by atoms with Crippen LogP contribution in [0.5, 0.6) is 0 Å². The topological polar surface area (TPSA) is 58.2 Å². The minimum Gasteiger partial charge on any atom is -0.384 e. The number of para-hydroxylation sites is 1. The van der Waals surface area contributed by atoms with Crippen LogP contribution in [0.15, 0.2) is 29.2 Å². The van der Waals surface area contributed by atoms with Crippen LogP contribution < -0.4 is 10.0 Å². The Morgan fingerprint density at radius 2 is 1.76 bits per heavy atom. The summed E-state index contributed by atoms with van der Waals surface area (Å²) in [6.45, 7) is 0.848. The lowest BCUT2D eigenvalue weighted by Gasteiger charge is -2.14. The Bertz CT molecular complexity index is 576. The molecule has 1 aromatic carbocycles. The Hall–Kier alpha value is -1.07. The predicted molar refractivity (Wildman–Crippen MR) is 84.9 cm³/mol. The fourth-order valence-electron chi connectivity index (χ4n) is 3.04. The Labute approximate surface area is 127 Å². The van der Waals surface area contributed by atoms with E-state index in [1.807, 2.05) is 12.1 Å². The van der Waals surface area contributed by atoms with Gasteiger partial charge in [0.15, 0.2) is 0 Å². The molecule has 0 amide bonds. The van der Waals surface area contributed by atoms with Crippen LogP contribution in [0, 0.1) is 5.92 Å². The standard InChI is InChI=1S/C16H24N2O2S/c19-21(20,18-14-9-10-14)16-8-4-3-7-15(16)17-12-11-13-5-1-2-6-13/h3-4,7-8,13-14,17-18H,1-2,5-6,9-12H2. The molecule has 3 rings (SSSR count). The van der Waals surface area contributed by atoms with E-state index < -0.39 is 10.0 Å². The van der Waals surface area contributed by atoms with Gasteiger partial charge in [0.1, 0.15) is 4.90 Å². The van der Waals surface area contributed by atoms with Gasteiger partial charge in [0.2, 0.25) is 10.0 Å². The largest absolute Gasteiger partial charge is 0.384 e. The second kappa shape index (κ2) is 6.36. The molecule has 0 spiro atoms. The van der Waals surface area contributed by atoms with Crippen molar-refractivity contribution < 1.29 is 8.42 Å². The molecule has 0 saturated heterocycles. The lowest BCUT2D eigenvalue weighted by molar-refractivity contribution is 0.518. The molecule has 0 atom stereocenters. The van der Waals surface area contributed by atoms with E-state index in [1.54, 1.807) is 12.1 Å². The average molecular weight is 308 g/mol. The van der Waals surface area contributed by atoms with Crippen LogP contribution in [0.4, 0.5) is 5.69 Å². The van der Waals surface area contributed by atoms with Crippen molar-refractivity contribution in [3.8, 4) is 0 Å². The minimum absolute atomic E-state index is 0.140. The maximum absolute atomic E-state index is 12.4. The van der Waals surface area contributed by atoms with Gasteiger partial charge < -0.3 is 5.32 Å². The molecular formula is C16H24N2O2S. The first-order valence-electron chi connectivity index (χ1n) is 8.00. The summed E-state index contributed by atoms with van der Waals surface area (Å²) in [6.07, 6.45) is 8.38. The SMILES string of the molecule is O=S(=O)(NC1CC1)c1ccccc1NCCC1CCCC1. The molecule has 2 fully saturated rings.